The Morgan fingerprint density at radius 2 is 2.19 bits per heavy atom. The highest BCUT2D eigenvalue weighted by molar-refractivity contribution is 8.00. The van der Waals surface area contributed by atoms with Crippen molar-refractivity contribution in [2.75, 3.05) is 18.5 Å². The summed E-state index contributed by atoms with van der Waals surface area (Å²) in [5.74, 6) is -0.241. The van der Waals surface area contributed by atoms with Gasteiger partial charge in [-0.3, -0.25) is 4.79 Å². The molecule has 0 spiro atoms. The van der Waals surface area contributed by atoms with Crippen molar-refractivity contribution in [3.63, 3.8) is 0 Å². The fourth-order valence-corrected chi connectivity index (χ4v) is 3.61. The number of thiophene rings is 1. The maximum absolute atomic E-state index is 13.3. The van der Waals surface area contributed by atoms with Crippen molar-refractivity contribution in [2.24, 2.45) is 0 Å². The number of carbonyl (C=O) groups is 1. The molecule has 112 valence electrons. The number of nitrogens with two attached hydrogens (primary N) is 1. The van der Waals surface area contributed by atoms with E-state index in [4.69, 9.17) is 17.3 Å². The van der Waals surface area contributed by atoms with Crippen LogP contribution in [0.1, 0.15) is 4.88 Å². The number of benzene rings is 1. The molecule has 7 heteroatoms. The number of anilines is 1. The minimum absolute atomic E-state index is 0.0262. The summed E-state index contributed by atoms with van der Waals surface area (Å²) < 4.78 is 14.0. The Labute approximate surface area is 135 Å². The van der Waals surface area contributed by atoms with Gasteiger partial charge in [0.1, 0.15) is 5.82 Å². The lowest BCUT2D eigenvalue weighted by Gasteiger charge is -2.16. The SMILES string of the molecule is CN(Cc1ccc(Cl)s1)C(=O)CSc1ccc(N)c(F)c1. The van der Waals surface area contributed by atoms with Gasteiger partial charge in [-0.05, 0) is 30.3 Å². The molecule has 3 nitrogen and oxygen atoms in total. The van der Waals surface area contributed by atoms with E-state index in [1.54, 1.807) is 18.0 Å². The molecule has 0 saturated heterocycles. The fourth-order valence-electron chi connectivity index (χ4n) is 1.61. The largest absolute Gasteiger partial charge is 0.396 e. The van der Waals surface area contributed by atoms with E-state index in [1.165, 1.54) is 35.2 Å². The molecule has 0 bridgehead atoms. The molecule has 1 amide bonds. The molecule has 0 atom stereocenters. The summed E-state index contributed by atoms with van der Waals surface area (Å²) in [6, 6.07) is 8.26. The van der Waals surface area contributed by atoms with E-state index in [0.717, 1.165) is 4.88 Å². The van der Waals surface area contributed by atoms with Crippen molar-refractivity contribution in [3.8, 4) is 0 Å². The summed E-state index contributed by atoms with van der Waals surface area (Å²) in [5.41, 5.74) is 5.52. The van der Waals surface area contributed by atoms with Gasteiger partial charge in [0.05, 0.1) is 22.3 Å². The smallest absolute Gasteiger partial charge is 0.233 e. The van der Waals surface area contributed by atoms with Crippen LogP contribution >= 0.6 is 34.7 Å². The Morgan fingerprint density at radius 1 is 1.43 bits per heavy atom. The molecule has 1 aromatic heterocycles. The number of hydrogen-bond donors (Lipinski definition) is 1. The van der Waals surface area contributed by atoms with E-state index >= 15 is 0 Å². The summed E-state index contributed by atoms with van der Waals surface area (Å²) in [4.78, 5) is 15.4. The molecule has 21 heavy (non-hydrogen) atoms. The topological polar surface area (TPSA) is 46.3 Å². The molecule has 1 aromatic carbocycles. The summed E-state index contributed by atoms with van der Waals surface area (Å²) in [6.45, 7) is 0.521. The lowest BCUT2D eigenvalue weighted by Crippen LogP contribution is -2.27. The Balaban J connectivity index is 1.87. The molecule has 2 aromatic rings. The van der Waals surface area contributed by atoms with Gasteiger partial charge in [0, 0.05) is 16.8 Å². The van der Waals surface area contributed by atoms with E-state index < -0.39 is 5.82 Å². The first kappa shape index (κ1) is 16.1. The van der Waals surface area contributed by atoms with Crippen molar-refractivity contribution in [3.05, 3.63) is 45.4 Å². The Kier molecular flexibility index (Phi) is 5.50. The third-order valence-corrected chi connectivity index (χ3v) is 4.98. The van der Waals surface area contributed by atoms with Gasteiger partial charge in [0.15, 0.2) is 0 Å². The van der Waals surface area contributed by atoms with Crippen molar-refractivity contribution in [1.29, 1.82) is 0 Å². The zero-order valence-corrected chi connectivity index (χ0v) is 13.7. The number of thioether (sulfide) groups is 1. The summed E-state index contributed by atoms with van der Waals surface area (Å²) in [6.07, 6.45) is 0. The van der Waals surface area contributed by atoms with Gasteiger partial charge < -0.3 is 10.6 Å². The third-order valence-electron chi connectivity index (χ3n) is 2.78. The number of amides is 1. The first-order valence-corrected chi connectivity index (χ1v) is 8.29. The van der Waals surface area contributed by atoms with Crippen molar-refractivity contribution >= 4 is 46.3 Å². The molecule has 0 aliphatic heterocycles. The van der Waals surface area contributed by atoms with Crippen LogP contribution in [0, 0.1) is 5.82 Å². The lowest BCUT2D eigenvalue weighted by atomic mass is 10.3. The average molecular weight is 345 g/mol. The zero-order chi connectivity index (χ0) is 15.4. The van der Waals surface area contributed by atoms with Crippen LogP contribution in [0.5, 0.6) is 0 Å². The quantitative estimate of drug-likeness (QED) is 0.661. The Hall–Kier alpha value is -1.24. The molecular weight excluding hydrogens is 331 g/mol. The maximum Gasteiger partial charge on any atom is 0.233 e. The first-order valence-electron chi connectivity index (χ1n) is 6.11. The normalized spacial score (nSPS) is 10.6. The van der Waals surface area contributed by atoms with Crippen LogP contribution in [0.25, 0.3) is 0 Å². The van der Waals surface area contributed by atoms with Gasteiger partial charge in [-0.25, -0.2) is 4.39 Å². The fraction of sp³-hybridized carbons (Fsp3) is 0.214. The molecule has 2 rings (SSSR count). The molecular formula is C14H14ClFN2OS2. The van der Waals surface area contributed by atoms with Gasteiger partial charge >= 0.3 is 0 Å². The molecule has 1 heterocycles. The standard InChI is InChI=1S/C14H14ClFN2OS2/c1-18(7-10-3-5-13(15)21-10)14(19)8-20-9-2-4-12(17)11(16)6-9/h2-6H,7-8,17H2,1H3. The van der Waals surface area contributed by atoms with E-state index in [1.807, 2.05) is 12.1 Å². The molecule has 0 aliphatic rings. The van der Waals surface area contributed by atoms with E-state index in [2.05, 4.69) is 0 Å². The van der Waals surface area contributed by atoms with E-state index in [0.29, 0.717) is 15.8 Å². The van der Waals surface area contributed by atoms with Crippen LogP contribution in [0.3, 0.4) is 0 Å². The minimum atomic E-state index is -0.464. The third kappa shape index (κ3) is 4.62. The number of rotatable bonds is 5. The number of nitrogen functional groups attached to an aromatic ring is 1. The average Bonchev–Trinajstić information content (AvgIpc) is 2.85. The van der Waals surface area contributed by atoms with Crippen LogP contribution in [0.15, 0.2) is 35.2 Å². The minimum Gasteiger partial charge on any atom is -0.396 e. The van der Waals surface area contributed by atoms with Gasteiger partial charge in [0.2, 0.25) is 5.91 Å². The van der Waals surface area contributed by atoms with E-state index in [9.17, 15) is 9.18 Å². The Morgan fingerprint density at radius 3 is 2.81 bits per heavy atom. The summed E-state index contributed by atoms with van der Waals surface area (Å²) in [7, 11) is 1.74. The second kappa shape index (κ2) is 7.15. The van der Waals surface area contributed by atoms with Crippen LogP contribution in [0.2, 0.25) is 4.34 Å². The first-order chi connectivity index (χ1) is 9.95. The van der Waals surface area contributed by atoms with Crippen molar-refractivity contribution in [1.82, 2.24) is 4.90 Å². The molecule has 0 aliphatic carbocycles. The number of carbonyl (C=O) groups excluding carboxylic acids is 1. The predicted octanol–water partition coefficient (Wildman–Crippen LogP) is 3.87. The Bertz CT molecular complexity index is 648. The molecule has 0 fully saturated rings. The van der Waals surface area contributed by atoms with Crippen LogP contribution in [-0.2, 0) is 11.3 Å². The highest BCUT2D eigenvalue weighted by atomic mass is 35.5. The van der Waals surface area contributed by atoms with Crippen LogP contribution in [-0.4, -0.2) is 23.6 Å². The van der Waals surface area contributed by atoms with Crippen LogP contribution < -0.4 is 5.73 Å². The summed E-state index contributed by atoms with van der Waals surface area (Å²) in [5, 5.41) is 0. The monoisotopic (exact) mass is 344 g/mol. The highest BCUT2D eigenvalue weighted by Crippen LogP contribution is 2.24. The van der Waals surface area contributed by atoms with E-state index in [-0.39, 0.29) is 17.3 Å². The molecule has 0 radical (unpaired) electrons. The zero-order valence-electron chi connectivity index (χ0n) is 11.3. The van der Waals surface area contributed by atoms with Gasteiger partial charge in [-0.15, -0.1) is 23.1 Å². The number of halogens is 2. The molecule has 0 unspecified atom stereocenters. The van der Waals surface area contributed by atoms with Crippen molar-refractivity contribution < 1.29 is 9.18 Å². The molecule has 2 N–H and O–H groups in total. The predicted molar refractivity (Wildman–Crippen MR) is 87.3 cm³/mol. The van der Waals surface area contributed by atoms with Crippen molar-refractivity contribution in [2.45, 2.75) is 11.4 Å². The second-order valence-electron chi connectivity index (χ2n) is 4.43. The number of hydrogen-bond acceptors (Lipinski definition) is 4. The van der Waals surface area contributed by atoms with Crippen LogP contribution in [0.4, 0.5) is 10.1 Å². The summed E-state index contributed by atoms with van der Waals surface area (Å²) >= 11 is 8.60. The van der Waals surface area contributed by atoms with Gasteiger partial charge in [0.25, 0.3) is 0 Å². The molecule has 0 saturated carbocycles. The maximum atomic E-state index is 13.3. The highest BCUT2D eigenvalue weighted by Gasteiger charge is 2.11. The lowest BCUT2D eigenvalue weighted by molar-refractivity contribution is -0.127. The van der Waals surface area contributed by atoms with Gasteiger partial charge in [-0.2, -0.15) is 0 Å². The van der Waals surface area contributed by atoms with Gasteiger partial charge in [-0.1, -0.05) is 11.6 Å². The number of nitrogens with zero attached hydrogens (tertiary/aromatic N) is 1. The second-order valence-corrected chi connectivity index (χ2v) is 7.28.